The molecular formula is C24H31ClIN5O. The number of halogens is 2. The molecule has 3 N–H and O–H groups in total. The summed E-state index contributed by atoms with van der Waals surface area (Å²) in [5, 5.41) is 8.56. The smallest absolute Gasteiger partial charge is 0.253 e. The highest BCUT2D eigenvalue weighted by Gasteiger charge is 2.08. The number of benzene rings is 2. The number of carbonyl (C=O) groups is 1. The number of aromatic nitrogens is 1. The SMILES string of the molecule is CCNC(=NCCc1c[nH]c2ccc(Cl)cc12)NCCc1cccc(C(=O)N(C)C)c1.I. The van der Waals surface area contributed by atoms with Crippen LogP contribution in [0.25, 0.3) is 10.9 Å². The van der Waals surface area contributed by atoms with Crippen molar-refractivity contribution in [2.75, 3.05) is 33.7 Å². The largest absolute Gasteiger partial charge is 0.361 e. The molecule has 0 radical (unpaired) electrons. The van der Waals surface area contributed by atoms with Gasteiger partial charge in [-0.3, -0.25) is 9.79 Å². The first-order chi connectivity index (χ1) is 15.0. The van der Waals surface area contributed by atoms with Gasteiger partial charge in [-0.15, -0.1) is 24.0 Å². The van der Waals surface area contributed by atoms with E-state index in [1.165, 1.54) is 5.56 Å². The van der Waals surface area contributed by atoms with E-state index in [-0.39, 0.29) is 29.9 Å². The molecule has 2 aromatic carbocycles. The van der Waals surface area contributed by atoms with E-state index in [1.54, 1.807) is 19.0 Å². The molecule has 3 aromatic rings. The van der Waals surface area contributed by atoms with Gasteiger partial charge >= 0.3 is 0 Å². The zero-order valence-electron chi connectivity index (χ0n) is 18.7. The number of amides is 1. The van der Waals surface area contributed by atoms with E-state index in [0.717, 1.165) is 53.4 Å². The van der Waals surface area contributed by atoms with Crippen molar-refractivity contribution in [3.8, 4) is 0 Å². The molecule has 32 heavy (non-hydrogen) atoms. The minimum Gasteiger partial charge on any atom is -0.361 e. The van der Waals surface area contributed by atoms with Crippen LogP contribution in [-0.2, 0) is 12.8 Å². The second-order valence-electron chi connectivity index (χ2n) is 7.59. The molecule has 0 aliphatic carbocycles. The van der Waals surface area contributed by atoms with E-state index in [9.17, 15) is 4.79 Å². The van der Waals surface area contributed by atoms with Gasteiger partial charge in [0.1, 0.15) is 0 Å². The van der Waals surface area contributed by atoms with Gasteiger partial charge in [0.2, 0.25) is 0 Å². The molecule has 8 heteroatoms. The Labute approximate surface area is 211 Å². The van der Waals surface area contributed by atoms with Crippen molar-refractivity contribution in [3.05, 3.63) is 70.4 Å². The number of hydrogen-bond acceptors (Lipinski definition) is 2. The second kappa shape index (κ2) is 12.7. The first kappa shape index (κ1) is 26.0. The van der Waals surface area contributed by atoms with Crippen LogP contribution in [0.1, 0.15) is 28.4 Å². The summed E-state index contributed by atoms with van der Waals surface area (Å²) in [6.07, 6.45) is 3.66. The summed E-state index contributed by atoms with van der Waals surface area (Å²) in [6.45, 7) is 4.24. The Morgan fingerprint density at radius 3 is 2.69 bits per heavy atom. The van der Waals surface area contributed by atoms with Gasteiger partial charge in [0.25, 0.3) is 5.91 Å². The van der Waals surface area contributed by atoms with Crippen molar-refractivity contribution in [3.63, 3.8) is 0 Å². The van der Waals surface area contributed by atoms with Crippen LogP contribution in [-0.4, -0.2) is 55.5 Å². The number of aliphatic imine (C=N–C) groups is 1. The van der Waals surface area contributed by atoms with E-state index in [4.69, 9.17) is 16.6 Å². The van der Waals surface area contributed by atoms with Crippen LogP contribution in [0, 0.1) is 0 Å². The lowest BCUT2D eigenvalue weighted by Gasteiger charge is -2.13. The molecular weight excluding hydrogens is 537 g/mol. The summed E-state index contributed by atoms with van der Waals surface area (Å²) in [5.41, 5.74) is 4.12. The quantitative estimate of drug-likeness (QED) is 0.214. The van der Waals surface area contributed by atoms with Crippen LogP contribution in [0.4, 0.5) is 0 Å². The number of nitrogens with zero attached hydrogens (tertiary/aromatic N) is 2. The molecule has 0 aliphatic rings. The average molecular weight is 568 g/mol. The van der Waals surface area contributed by atoms with Crippen molar-refractivity contribution in [1.29, 1.82) is 0 Å². The third kappa shape index (κ3) is 7.13. The summed E-state index contributed by atoms with van der Waals surface area (Å²) < 4.78 is 0. The number of fused-ring (bicyclic) bond motifs is 1. The summed E-state index contributed by atoms with van der Waals surface area (Å²) >= 11 is 6.14. The van der Waals surface area contributed by atoms with Crippen LogP contribution < -0.4 is 10.6 Å². The fourth-order valence-electron chi connectivity index (χ4n) is 3.43. The Hall–Kier alpha value is -2.26. The van der Waals surface area contributed by atoms with E-state index < -0.39 is 0 Å². The Morgan fingerprint density at radius 1 is 1.12 bits per heavy atom. The third-order valence-electron chi connectivity index (χ3n) is 5.01. The van der Waals surface area contributed by atoms with Gasteiger partial charge in [-0.2, -0.15) is 0 Å². The molecule has 3 rings (SSSR count). The lowest BCUT2D eigenvalue weighted by atomic mass is 10.1. The number of hydrogen-bond donors (Lipinski definition) is 3. The molecule has 0 saturated heterocycles. The molecule has 1 aromatic heterocycles. The molecule has 0 saturated carbocycles. The molecule has 0 bridgehead atoms. The monoisotopic (exact) mass is 567 g/mol. The number of rotatable bonds is 8. The highest BCUT2D eigenvalue weighted by Crippen LogP contribution is 2.22. The lowest BCUT2D eigenvalue weighted by Crippen LogP contribution is -2.38. The molecule has 0 fully saturated rings. The molecule has 1 heterocycles. The fraction of sp³-hybridized carbons (Fsp3) is 0.333. The normalized spacial score (nSPS) is 11.2. The number of carbonyl (C=O) groups excluding carboxylic acids is 1. The Balaban J connectivity index is 0.00000363. The van der Waals surface area contributed by atoms with E-state index in [0.29, 0.717) is 12.1 Å². The van der Waals surface area contributed by atoms with Crippen molar-refractivity contribution < 1.29 is 4.79 Å². The second-order valence-corrected chi connectivity index (χ2v) is 8.03. The summed E-state index contributed by atoms with van der Waals surface area (Å²) in [4.78, 5) is 21.7. The van der Waals surface area contributed by atoms with Gasteiger partial charge in [0.05, 0.1) is 0 Å². The van der Waals surface area contributed by atoms with Crippen LogP contribution >= 0.6 is 35.6 Å². The number of aromatic amines is 1. The minimum absolute atomic E-state index is 0. The predicted octanol–water partition coefficient (Wildman–Crippen LogP) is 4.48. The fourth-order valence-corrected chi connectivity index (χ4v) is 3.60. The van der Waals surface area contributed by atoms with Gasteiger partial charge in [-0.1, -0.05) is 23.7 Å². The molecule has 172 valence electrons. The van der Waals surface area contributed by atoms with Gasteiger partial charge in [0, 0.05) is 61.4 Å². The van der Waals surface area contributed by atoms with Crippen LogP contribution in [0.15, 0.2) is 53.7 Å². The number of guanidine groups is 1. The molecule has 0 atom stereocenters. The minimum atomic E-state index is 0. The van der Waals surface area contributed by atoms with Crippen LogP contribution in [0.5, 0.6) is 0 Å². The Morgan fingerprint density at radius 2 is 1.94 bits per heavy atom. The van der Waals surface area contributed by atoms with E-state index >= 15 is 0 Å². The maximum absolute atomic E-state index is 12.2. The Kier molecular flexibility index (Phi) is 10.3. The molecule has 0 aliphatic heterocycles. The zero-order valence-corrected chi connectivity index (χ0v) is 21.8. The predicted molar refractivity (Wildman–Crippen MR) is 145 cm³/mol. The van der Waals surface area contributed by atoms with E-state index in [2.05, 4.69) is 22.5 Å². The maximum Gasteiger partial charge on any atom is 0.253 e. The number of nitrogens with one attached hydrogen (secondary N) is 3. The Bertz CT molecular complexity index is 1060. The van der Waals surface area contributed by atoms with Gasteiger partial charge < -0.3 is 20.5 Å². The van der Waals surface area contributed by atoms with Crippen LogP contribution in [0.2, 0.25) is 5.02 Å². The summed E-state index contributed by atoms with van der Waals surface area (Å²) in [6, 6.07) is 13.7. The van der Waals surface area contributed by atoms with Crippen molar-refractivity contribution in [2.24, 2.45) is 4.99 Å². The molecule has 1 amide bonds. The first-order valence-electron chi connectivity index (χ1n) is 10.6. The van der Waals surface area contributed by atoms with Gasteiger partial charge in [0.15, 0.2) is 5.96 Å². The highest BCUT2D eigenvalue weighted by molar-refractivity contribution is 14.0. The maximum atomic E-state index is 12.2. The lowest BCUT2D eigenvalue weighted by molar-refractivity contribution is 0.0827. The van der Waals surface area contributed by atoms with Crippen molar-refractivity contribution in [2.45, 2.75) is 19.8 Å². The third-order valence-corrected chi connectivity index (χ3v) is 5.25. The van der Waals surface area contributed by atoms with Crippen molar-refractivity contribution in [1.82, 2.24) is 20.5 Å². The molecule has 0 spiro atoms. The van der Waals surface area contributed by atoms with Crippen molar-refractivity contribution >= 4 is 58.3 Å². The standard InChI is InChI=1S/C24H30ClN5O.HI/c1-4-26-24(27-12-10-17-6-5-7-18(14-17)23(31)30(2)3)28-13-11-19-16-29-22-9-8-20(25)15-21(19)22;/h5-9,14-16,29H,4,10-13H2,1-3H3,(H2,26,27,28);1H. The molecule has 6 nitrogen and oxygen atoms in total. The average Bonchev–Trinajstić information content (AvgIpc) is 3.15. The summed E-state index contributed by atoms with van der Waals surface area (Å²) in [7, 11) is 3.53. The van der Waals surface area contributed by atoms with Gasteiger partial charge in [-0.05, 0) is 61.2 Å². The number of H-pyrrole nitrogens is 1. The summed E-state index contributed by atoms with van der Waals surface area (Å²) in [5.74, 6) is 0.809. The topological polar surface area (TPSA) is 72.5 Å². The first-order valence-corrected chi connectivity index (χ1v) is 10.9. The van der Waals surface area contributed by atoms with Gasteiger partial charge in [-0.25, -0.2) is 0 Å². The van der Waals surface area contributed by atoms with E-state index in [1.807, 2.05) is 48.7 Å². The van der Waals surface area contributed by atoms with Crippen LogP contribution in [0.3, 0.4) is 0 Å². The highest BCUT2D eigenvalue weighted by atomic mass is 127. The molecule has 0 unspecified atom stereocenters. The zero-order chi connectivity index (χ0) is 22.2.